The van der Waals surface area contributed by atoms with Crippen molar-refractivity contribution in [3.63, 3.8) is 0 Å². The summed E-state index contributed by atoms with van der Waals surface area (Å²) in [5.74, 6) is 0. The highest BCUT2D eigenvalue weighted by Crippen LogP contribution is 2.18. The zero-order valence-electron chi connectivity index (χ0n) is 10.5. The Morgan fingerprint density at radius 1 is 1.11 bits per heavy atom. The van der Waals surface area contributed by atoms with Crippen molar-refractivity contribution in [2.24, 2.45) is 0 Å². The molecule has 0 amide bonds. The van der Waals surface area contributed by atoms with E-state index in [1.165, 1.54) is 0 Å². The van der Waals surface area contributed by atoms with Crippen LogP contribution in [0.15, 0.2) is 24.3 Å². The second kappa shape index (κ2) is 6.54. The first-order valence-corrected chi connectivity index (χ1v) is 6.72. The normalized spacial score (nSPS) is 30.5. The van der Waals surface area contributed by atoms with Crippen molar-refractivity contribution in [3.8, 4) is 0 Å². The number of hydrogen-bond donors (Lipinski definition) is 5. The summed E-state index contributed by atoms with van der Waals surface area (Å²) in [4.78, 5) is 0. The molecule has 1 aromatic rings. The van der Waals surface area contributed by atoms with Gasteiger partial charge in [0.05, 0.1) is 24.9 Å². The molecule has 1 aliphatic heterocycles. The molecule has 1 saturated heterocycles. The fourth-order valence-electron chi connectivity index (χ4n) is 2.30. The van der Waals surface area contributed by atoms with Crippen LogP contribution in [0.4, 0.5) is 5.69 Å². The topological polar surface area (TPSA) is 84.8 Å². The lowest BCUT2D eigenvalue weighted by Gasteiger charge is -2.16. The van der Waals surface area contributed by atoms with Gasteiger partial charge in [0, 0.05) is 23.3 Å². The molecule has 0 radical (unpaired) electrons. The summed E-state index contributed by atoms with van der Waals surface area (Å²) in [6.45, 7) is 0.473. The van der Waals surface area contributed by atoms with Gasteiger partial charge in [-0.3, -0.25) is 0 Å². The minimum Gasteiger partial charge on any atom is -0.395 e. The molecule has 4 atom stereocenters. The minimum atomic E-state index is -0.912. The average molecular weight is 287 g/mol. The molecular formula is C13H19ClN2O3. The highest BCUT2D eigenvalue weighted by molar-refractivity contribution is 6.30. The lowest BCUT2D eigenvalue weighted by atomic mass is 10.1. The van der Waals surface area contributed by atoms with Gasteiger partial charge in [-0.2, -0.15) is 0 Å². The zero-order chi connectivity index (χ0) is 13.8. The van der Waals surface area contributed by atoms with Gasteiger partial charge in [0.2, 0.25) is 0 Å². The molecule has 1 aliphatic rings. The molecular weight excluding hydrogens is 268 g/mol. The Balaban J connectivity index is 1.78. The third-order valence-corrected chi connectivity index (χ3v) is 3.68. The zero-order valence-corrected chi connectivity index (χ0v) is 11.2. The minimum absolute atomic E-state index is 0.181. The molecule has 0 spiro atoms. The van der Waals surface area contributed by atoms with Crippen molar-refractivity contribution in [2.45, 2.75) is 30.7 Å². The number of aliphatic hydroxyl groups excluding tert-OH is 3. The van der Waals surface area contributed by atoms with Crippen LogP contribution in [0.3, 0.4) is 0 Å². The maximum Gasteiger partial charge on any atom is 0.0989 e. The Kier molecular flexibility index (Phi) is 5.01. The maximum absolute atomic E-state index is 9.82. The molecule has 2 rings (SSSR count). The highest BCUT2D eigenvalue weighted by atomic mass is 35.5. The van der Waals surface area contributed by atoms with Crippen LogP contribution in [0, 0.1) is 0 Å². The van der Waals surface area contributed by atoms with Crippen LogP contribution in [0.1, 0.15) is 6.42 Å². The van der Waals surface area contributed by atoms with E-state index in [0.29, 0.717) is 18.0 Å². The van der Waals surface area contributed by atoms with Gasteiger partial charge in [-0.15, -0.1) is 0 Å². The van der Waals surface area contributed by atoms with E-state index in [4.69, 9.17) is 16.7 Å². The lowest BCUT2D eigenvalue weighted by molar-refractivity contribution is 0.0192. The standard InChI is InChI=1S/C13H19ClN2O3/c14-8-1-3-9(4-2-8)15-6-5-10-12(18)13(19)11(7-17)16-10/h1-4,10-13,15-19H,5-7H2/t10-,11-,12-,13-/m1/s1. The van der Waals surface area contributed by atoms with Crippen LogP contribution in [0.2, 0.25) is 5.02 Å². The predicted molar refractivity (Wildman–Crippen MR) is 74.4 cm³/mol. The number of benzene rings is 1. The fraction of sp³-hybridized carbons (Fsp3) is 0.538. The van der Waals surface area contributed by atoms with Crippen LogP contribution in [-0.2, 0) is 0 Å². The summed E-state index contributed by atoms with van der Waals surface area (Å²) in [6.07, 6.45) is -1.10. The molecule has 0 bridgehead atoms. The summed E-state index contributed by atoms with van der Waals surface area (Å²) in [5.41, 5.74) is 0.955. The number of anilines is 1. The maximum atomic E-state index is 9.82. The van der Waals surface area contributed by atoms with Gasteiger partial charge in [-0.1, -0.05) is 11.6 Å². The number of aliphatic hydroxyl groups is 3. The Morgan fingerprint density at radius 3 is 2.32 bits per heavy atom. The lowest BCUT2D eigenvalue weighted by Crippen LogP contribution is -2.36. The monoisotopic (exact) mass is 286 g/mol. The smallest absolute Gasteiger partial charge is 0.0989 e. The van der Waals surface area contributed by atoms with Gasteiger partial charge < -0.3 is 26.0 Å². The summed E-state index contributed by atoms with van der Waals surface area (Å²) >= 11 is 5.79. The first kappa shape index (κ1) is 14.6. The van der Waals surface area contributed by atoms with Gasteiger partial charge in [0.25, 0.3) is 0 Å². The number of halogens is 1. The molecule has 106 valence electrons. The third kappa shape index (κ3) is 3.58. The Labute approximate surface area is 117 Å². The predicted octanol–water partition coefficient (Wildman–Crippen LogP) is 0.196. The molecule has 1 fully saturated rings. The van der Waals surface area contributed by atoms with Gasteiger partial charge in [0.15, 0.2) is 0 Å². The molecule has 1 aromatic carbocycles. The van der Waals surface area contributed by atoms with Crippen LogP contribution in [0.25, 0.3) is 0 Å². The SMILES string of the molecule is OC[C@H]1N[C@H](CCNc2ccc(Cl)cc2)[C@@H](O)[C@@H]1O. The van der Waals surface area contributed by atoms with Crippen molar-refractivity contribution in [1.29, 1.82) is 0 Å². The van der Waals surface area contributed by atoms with Crippen molar-refractivity contribution < 1.29 is 15.3 Å². The third-order valence-electron chi connectivity index (χ3n) is 3.43. The van der Waals surface area contributed by atoms with E-state index in [9.17, 15) is 10.2 Å². The van der Waals surface area contributed by atoms with E-state index >= 15 is 0 Å². The average Bonchev–Trinajstić information content (AvgIpc) is 2.69. The van der Waals surface area contributed by atoms with Crippen LogP contribution >= 0.6 is 11.6 Å². The van der Waals surface area contributed by atoms with Crippen molar-refractivity contribution in [2.75, 3.05) is 18.5 Å². The Hall–Kier alpha value is -0.850. The molecule has 0 aromatic heterocycles. The second-order valence-electron chi connectivity index (χ2n) is 4.77. The van der Waals surface area contributed by atoms with Gasteiger partial charge in [-0.25, -0.2) is 0 Å². The second-order valence-corrected chi connectivity index (χ2v) is 5.20. The van der Waals surface area contributed by atoms with E-state index < -0.39 is 18.2 Å². The molecule has 0 aliphatic carbocycles. The first-order chi connectivity index (χ1) is 9.11. The van der Waals surface area contributed by atoms with E-state index in [0.717, 1.165) is 5.69 Å². The van der Waals surface area contributed by atoms with E-state index in [1.807, 2.05) is 12.1 Å². The summed E-state index contributed by atoms with van der Waals surface area (Å²) in [6, 6.07) is 6.71. The summed E-state index contributed by atoms with van der Waals surface area (Å²) in [5, 5.41) is 35.5. The van der Waals surface area contributed by atoms with Crippen molar-refractivity contribution in [3.05, 3.63) is 29.3 Å². The molecule has 0 saturated carbocycles. The van der Waals surface area contributed by atoms with Crippen LogP contribution in [-0.4, -0.2) is 52.8 Å². The summed E-state index contributed by atoms with van der Waals surface area (Å²) < 4.78 is 0. The van der Waals surface area contributed by atoms with E-state index in [1.54, 1.807) is 12.1 Å². The fourth-order valence-corrected chi connectivity index (χ4v) is 2.43. The summed E-state index contributed by atoms with van der Waals surface area (Å²) in [7, 11) is 0. The number of hydrogen-bond acceptors (Lipinski definition) is 5. The Morgan fingerprint density at radius 2 is 1.74 bits per heavy atom. The number of rotatable bonds is 5. The van der Waals surface area contributed by atoms with E-state index in [2.05, 4.69) is 10.6 Å². The molecule has 19 heavy (non-hydrogen) atoms. The Bertz CT molecular complexity index is 401. The largest absolute Gasteiger partial charge is 0.395 e. The first-order valence-electron chi connectivity index (χ1n) is 6.34. The molecule has 5 nitrogen and oxygen atoms in total. The molecule has 5 N–H and O–H groups in total. The quantitative estimate of drug-likeness (QED) is 0.534. The van der Waals surface area contributed by atoms with Crippen LogP contribution in [0.5, 0.6) is 0 Å². The van der Waals surface area contributed by atoms with Gasteiger partial charge >= 0.3 is 0 Å². The van der Waals surface area contributed by atoms with Crippen molar-refractivity contribution in [1.82, 2.24) is 5.32 Å². The van der Waals surface area contributed by atoms with Crippen LogP contribution < -0.4 is 10.6 Å². The van der Waals surface area contributed by atoms with Crippen molar-refractivity contribution >= 4 is 17.3 Å². The highest BCUT2D eigenvalue weighted by Gasteiger charge is 2.39. The molecule has 6 heteroatoms. The molecule has 1 heterocycles. The van der Waals surface area contributed by atoms with Gasteiger partial charge in [0.1, 0.15) is 0 Å². The number of nitrogens with one attached hydrogen (secondary N) is 2. The molecule has 0 unspecified atom stereocenters. The van der Waals surface area contributed by atoms with Gasteiger partial charge in [-0.05, 0) is 30.7 Å². The van der Waals surface area contributed by atoms with E-state index in [-0.39, 0.29) is 12.6 Å².